The van der Waals surface area contributed by atoms with Crippen molar-refractivity contribution in [3.05, 3.63) is 83.9 Å². The fourth-order valence-electron chi connectivity index (χ4n) is 3.96. The molecular weight excluding hydrogens is 422 g/mol. The zero-order valence-corrected chi connectivity index (χ0v) is 18.2. The first kappa shape index (κ1) is 20.3. The highest BCUT2D eigenvalue weighted by Gasteiger charge is 2.22. The lowest BCUT2D eigenvalue weighted by Crippen LogP contribution is -2.50. The first-order valence-corrected chi connectivity index (χ1v) is 10.9. The minimum Gasteiger partial charge on any atom is -0.352 e. The second-order valence-corrected chi connectivity index (χ2v) is 8.15. The van der Waals surface area contributed by atoms with E-state index in [2.05, 4.69) is 44.7 Å². The maximum Gasteiger partial charge on any atom is 0.321 e. The molecule has 0 unspecified atom stereocenters. The summed E-state index contributed by atoms with van der Waals surface area (Å²) in [4.78, 5) is 16.5. The van der Waals surface area contributed by atoms with E-state index >= 15 is 0 Å². The van der Waals surface area contributed by atoms with Crippen molar-refractivity contribution < 1.29 is 4.79 Å². The van der Waals surface area contributed by atoms with E-state index in [0.717, 1.165) is 28.1 Å². The van der Waals surface area contributed by atoms with E-state index in [9.17, 15) is 4.79 Å². The predicted molar refractivity (Wildman–Crippen MR) is 129 cm³/mol. The summed E-state index contributed by atoms with van der Waals surface area (Å²) in [6.45, 7) is 2.64. The molecule has 1 aliphatic rings. The number of fused-ring (bicyclic) bond motifs is 1. The zero-order valence-electron chi connectivity index (χ0n) is 17.4. The molecule has 1 N–H and O–H groups in total. The van der Waals surface area contributed by atoms with Crippen LogP contribution in [0.5, 0.6) is 0 Å². The first-order chi connectivity index (χ1) is 15.7. The molecule has 0 spiro atoms. The van der Waals surface area contributed by atoms with Crippen molar-refractivity contribution in [3.8, 4) is 11.3 Å². The fraction of sp³-hybridized carbons (Fsp3) is 0.160. The fourth-order valence-corrected chi connectivity index (χ4v) is 4.09. The highest BCUT2D eigenvalue weighted by Crippen LogP contribution is 2.27. The second-order valence-electron chi connectivity index (χ2n) is 7.71. The molecule has 7 heteroatoms. The molecule has 3 aromatic carbocycles. The van der Waals surface area contributed by atoms with Crippen molar-refractivity contribution in [2.24, 2.45) is 0 Å². The molecule has 1 aliphatic heterocycles. The largest absolute Gasteiger partial charge is 0.352 e. The van der Waals surface area contributed by atoms with Crippen LogP contribution >= 0.6 is 11.6 Å². The molecule has 1 fully saturated rings. The molecule has 6 nitrogen and oxygen atoms in total. The van der Waals surface area contributed by atoms with Crippen molar-refractivity contribution in [1.82, 2.24) is 15.1 Å². The number of hydrogen-bond donors (Lipinski definition) is 1. The standard InChI is InChI=1S/C25H22ClN5O/c26-19-8-10-20(11-9-19)27-25(32)31-16-14-30(15-17-31)24-13-12-23(28-29-24)22-7-3-5-18-4-1-2-6-21(18)22/h1-13H,14-17H2,(H,27,32). The zero-order chi connectivity index (χ0) is 21.9. The molecule has 0 aliphatic carbocycles. The molecule has 4 aromatic rings. The molecule has 0 saturated carbocycles. The van der Waals surface area contributed by atoms with Gasteiger partial charge in [0.1, 0.15) is 0 Å². The van der Waals surface area contributed by atoms with Crippen molar-refractivity contribution in [2.45, 2.75) is 0 Å². The number of anilines is 2. The van der Waals surface area contributed by atoms with Gasteiger partial charge < -0.3 is 15.1 Å². The van der Waals surface area contributed by atoms with E-state index < -0.39 is 0 Å². The Morgan fingerprint density at radius 1 is 0.812 bits per heavy atom. The Morgan fingerprint density at radius 3 is 2.31 bits per heavy atom. The van der Waals surface area contributed by atoms with Crippen LogP contribution in [0, 0.1) is 0 Å². The van der Waals surface area contributed by atoms with Crippen LogP contribution in [0.4, 0.5) is 16.3 Å². The Labute approximate surface area is 191 Å². The van der Waals surface area contributed by atoms with E-state index in [-0.39, 0.29) is 6.03 Å². The number of hydrogen-bond acceptors (Lipinski definition) is 4. The van der Waals surface area contributed by atoms with Gasteiger partial charge in [-0.15, -0.1) is 10.2 Å². The Bertz CT molecular complexity index is 1230. The number of benzene rings is 3. The van der Waals surface area contributed by atoms with Gasteiger partial charge in [-0.3, -0.25) is 0 Å². The summed E-state index contributed by atoms with van der Waals surface area (Å²) in [7, 11) is 0. The normalized spacial score (nSPS) is 13.9. The van der Waals surface area contributed by atoms with Gasteiger partial charge in [0, 0.05) is 42.5 Å². The molecule has 32 heavy (non-hydrogen) atoms. The summed E-state index contributed by atoms with van der Waals surface area (Å²) in [6.07, 6.45) is 0. The van der Waals surface area contributed by atoms with Gasteiger partial charge >= 0.3 is 6.03 Å². The number of amides is 2. The number of piperazine rings is 1. The summed E-state index contributed by atoms with van der Waals surface area (Å²) in [5, 5.41) is 14.9. The van der Waals surface area contributed by atoms with E-state index in [4.69, 9.17) is 11.6 Å². The number of nitrogens with one attached hydrogen (secondary N) is 1. The second kappa shape index (κ2) is 8.85. The number of carbonyl (C=O) groups is 1. The molecule has 1 aromatic heterocycles. The minimum atomic E-state index is -0.107. The molecule has 160 valence electrons. The highest BCUT2D eigenvalue weighted by molar-refractivity contribution is 6.30. The van der Waals surface area contributed by atoms with Crippen LogP contribution in [0.15, 0.2) is 78.9 Å². The maximum atomic E-state index is 12.5. The van der Waals surface area contributed by atoms with Crippen LogP contribution in [0.1, 0.15) is 0 Å². The smallest absolute Gasteiger partial charge is 0.321 e. The van der Waals surface area contributed by atoms with Gasteiger partial charge in [-0.05, 0) is 47.2 Å². The Kier molecular flexibility index (Phi) is 5.60. The monoisotopic (exact) mass is 443 g/mol. The quantitative estimate of drug-likeness (QED) is 0.466. The average Bonchev–Trinajstić information content (AvgIpc) is 2.85. The third-order valence-electron chi connectivity index (χ3n) is 5.70. The Hall–Kier alpha value is -3.64. The molecule has 2 heterocycles. The SMILES string of the molecule is O=C(Nc1ccc(Cl)cc1)N1CCN(c2ccc(-c3cccc4ccccc34)nn2)CC1. The number of carbonyl (C=O) groups excluding carboxylic acids is 1. The molecule has 0 bridgehead atoms. The van der Waals surface area contributed by atoms with Crippen LogP contribution in [-0.2, 0) is 0 Å². The third kappa shape index (κ3) is 4.22. The van der Waals surface area contributed by atoms with Gasteiger partial charge in [0.15, 0.2) is 5.82 Å². The van der Waals surface area contributed by atoms with E-state index in [1.165, 1.54) is 5.39 Å². The van der Waals surface area contributed by atoms with E-state index in [0.29, 0.717) is 31.2 Å². The first-order valence-electron chi connectivity index (χ1n) is 10.6. The summed E-state index contributed by atoms with van der Waals surface area (Å²) in [5.41, 5.74) is 2.66. The van der Waals surface area contributed by atoms with E-state index in [1.54, 1.807) is 24.3 Å². The van der Waals surface area contributed by atoms with Crippen molar-refractivity contribution in [2.75, 3.05) is 36.4 Å². The Balaban J connectivity index is 1.23. The number of rotatable bonds is 3. The average molecular weight is 444 g/mol. The number of aromatic nitrogens is 2. The third-order valence-corrected chi connectivity index (χ3v) is 5.95. The summed E-state index contributed by atoms with van der Waals surface area (Å²) >= 11 is 5.90. The van der Waals surface area contributed by atoms with E-state index in [1.807, 2.05) is 35.2 Å². The molecular formula is C25H22ClN5O. The topological polar surface area (TPSA) is 61.4 Å². The minimum absolute atomic E-state index is 0.107. The predicted octanol–water partition coefficient (Wildman–Crippen LogP) is 5.30. The molecule has 2 amide bonds. The lowest BCUT2D eigenvalue weighted by atomic mass is 10.0. The Morgan fingerprint density at radius 2 is 1.56 bits per heavy atom. The number of nitrogens with zero attached hydrogens (tertiary/aromatic N) is 4. The molecule has 1 saturated heterocycles. The summed E-state index contributed by atoms with van der Waals surface area (Å²) in [5.74, 6) is 0.826. The van der Waals surface area contributed by atoms with Crippen molar-refractivity contribution in [1.29, 1.82) is 0 Å². The summed E-state index contributed by atoms with van der Waals surface area (Å²) in [6, 6.07) is 25.5. The number of halogens is 1. The van der Waals surface area contributed by atoms with Gasteiger partial charge in [0.05, 0.1) is 5.69 Å². The van der Waals surface area contributed by atoms with Crippen LogP contribution in [-0.4, -0.2) is 47.3 Å². The van der Waals surface area contributed by atoms with Gasteiger partial charge in [0.2, 0.25) is 0 Å². The van der Waals surface area contributed by atoms with Crippen LogP contribution in [0.2, 0.25) is 5.02 Å². The molecule has 0 atom stereocenters. The lowest BCUT2D eigenvalue weighted by molar-refractivity contribution is 0.208. The maximum absolute atomic E-state index is 12.5. The van der Waals surface area contributed by atoms with Crippen LogP contribution < -0.4 is 10.2 Å². The van der Waals surface area contributed by atoms with Crippen LogP contribution in [0.3, 0.4) is 0 Å². The van der Waals surface area contributed by atoms with Gasteiger partial charge in [-0.1, -0.05) is 54.1 Å². The van der Waals surface area contributed by atoms with Crippen molar-refractivity contribution in [3.63, 3.8) is 0 Å². The highest BCUT2D eigenvalue weighted by atomic mass is 35.5. The van der Waals surface area contributed by atoms with Crippen molar-refractivity contribution >= 4 is 39.9 Å². The van der Waals surface area contributed by atoms with Gasteiger partial charge in [-0.2, -0.15) is 0 Å². The lowest BCUT2D eigenvalue weighted by Gasteiger charge is -2.35. The summed E-state index contributed by atoms with van der Waals surface area (Å²) < 4.78 is 0. The molecule has 0 radical (unpaired) electrons. The van der Waals surface area contributed by atoms with Crippen LogP contribution in [0.25, 0.3) is 22.0 Å². The van der Waals surface area contributed by atoms with Gasteiger partial charge in [0.25, 0.3) is 0 Å². The molecule has 5 rings (SSSR count). The number of urea groups is 1. The van der Waals surface area contributed by atoms with Gasteiger partial charge in [-0.25, -0.2) is 4.79 Å².